The second-order valence-corrected chi connectivity index (χ2v) is 4.97. The lowest BCUT2D eigenvalue weighted by molar-refractivity contribution is -0.121. The van der Waals surface area contributed by atoms with Gasteiger partial charge in [-0.25, -0.2) is 0 Å². The first-order valence-corrected chi connectivity index (χ1v) is 6.31. The molecule has 2 rings (SSSR count). The Morgan fingerprint density at radius 3 is 2.89 bits per heavy atom. The fraction of sp³-hybridized carbons (Fsp3) is 0.222. The molecule has 0 aliphatic heterocycles. The van der Waals surface area contributed by atoms with Crippen molar-refractivity contribution in [2.24, 2.45) is 0 Å². The number of halogens is 1. The summed E-state index contributed by atoms with van der Waals surface area (Å²) in [6.07, 6.45) is 2.97. The Bertz CT molecular complexity index is 609. The zero-order valence-corrected chi connectivity index (χ0v) is 11.3. The Morgan fingerprint density at radius 2 is 2.26 bits per heavy atom. The predicted octanol–water partition coefficient (Wildman–Crippen LogP) is 0.386. The quantitative estimate of drug-likeness (QED) is 0.850. The molecule has 100 valence electrons. The zero-order chi connectivity index (χ0) is 13.8. The molecule has 19 heavy (non-hydrogen) atoms. The van der Waals surface area contributed by atoms with Gasteiger partial charge in [-0.3, -0.25) is 14.3 Å². The van der Waals surface area contributed by atoms with Gasteiger partial charge in [-0.2, -0.15) is 5.10 Å². The Balaban J connectivity index is 2.00. The van der Waals surface area contributed by atoms with E-state index >= 15 is 0 Å². The first kappa shape index (κ1) is 13.4. The first-order valence-electron chi connectivity index (χ1n) is 5.12. The smallest absolute Gasteiger partial charge is 0.286 e. The van der Waals surface area contributed by atoms with Gasteiger partial charge in [-0.1, -0.05) is 11.3 Å². The molecule has 2 aromatic heterocycles. The third-order valence-electron chi connectivity index (χ3n) is 2.07. The average Bonchev–Trinajstić information content (AvgIpc) is 2.98. The van der Waals surface area contributed by atoms with Crippen molar-refractivity contribution in [2.75, 3.05) is 12.4 Å². The second-order valence-electron chi connectivity index (χ2n) is 3.41. The Hall–Kier alpha value is -2.00. The maximum absolute atomic E-state index is 11.7. The number of aromatic nitrogens is 4. The molecule has 0 aromatic carbocycles. The molecule has 10 heteroatoms. The van der Waals surface area contributed by atoms with E-state index in [1.807, 2.05) is 0 Å². The summed E-state index contributed by atoms with van der Waals surface area (Å²) in [6, 6.07) is 0. The number of likely N-dealkylation sites (N-methyl/N-ethyl adjacent to an activating group) is 1. The molecular formula is C9H9ClN6O2S. The largest absolute Gasteiger partial charge is 0.358 e. The van der Waals surface area contributed by atoms with Crippen molar-refractivity contribution in [3.05, 3.63) is 21.9 Å². The summed E-state index contributed by atoms with van der Waals surface area (Å²) in [7, 11) is 1.54. The van der Waals surface area contributed by atoms with E-state index in [-0.39, 0.29) is 21.9 Å². The lowest BCUT2D eigenvalue weighted by Gasteiger charge is -1.99. The highest BCUT2D eigenvalue weighted by molar-refractivity contribution is 7.17. The molecule has 0 unspecified atom stereocenters. The lowest BCUT2D eigenvalue weighted by Crippen LogP contribution is -2.23. The second kappa shape index (κ2) is 5.76. The minimum atomic E-state index is -0.427. The molecule has 0 atom stereocenters. The van der Waals surface area contributed by atoms with Gasteiger partial charge in [0.25, 0.3) is 5.91 Å². The number of hydrogen-bond acceptors (Lipinski definition) is 6. The predicted molar refractivity (Wildman–Crippen MR) is 69.2 cm³/mol. The number of rotatable bonds is 4. The van der Waals surface area contributed by atoms with E-state index in [2.05, 4.69) is 25.9 Å². The Labute approximate surface area is 116 Å². The monoisotopic (exact) mass is 300 g/mol. The van der Waals surface area contributed by atoms with Crippen LogP contribution in [0.25, 0.3) is 0 Å². The minimum Gasteiger partial charge on any atom is -0.358 e. The van der Waals surface area contributed by atoms with Crippen LogP contribution in [0.4, 0.5) is 5.69 Å². The van der Waals surface area contributed by atoms with Crippen LogP contribution in [0.1, 0.15) is 9.80 Å². The van der Waals surface area contributed by atoms with Crippen molar-refractivity contribution < 1.29 is 9.59 Å². The molecule has 0 radical (unpaired) electrons. The molecule has 8 nitrogen and oxygen atoms in total. The van der Waals surface area contributed by atoms with Gasteiger partial charge in [0.1, 0.15) is 6.54 Å². The van der Waals surface area contributed by atoms with Crippen molar-refractivity contribution in [1.82, 2.24) is 25.3 Å². The van der Waals surface area contributed by atoms with E-state index < -0.39 is 5.91 Å². The fourth-order valence-electron chi connectivity index (χ4n) is 1.22. The van der Waals surface area contributed by atoms with Crippen LogP contribution >= 0.6 is 22.9 Å². The minimum absolute atomic E-state index is 0.0804. The maximum atomic E-state index is 11.7. The van der Waals surface area contributed by atoms with E-state index in [0.29, 0.717) is 5.69 Å². The van der Waals surface area contributed by atoms with E-state index in [0.717, 1.165) is 11.3 Å². The summed E-state index contributed by atoms with van der Waals surface area (Å²) in [5.41, 5.74) is 0.459. The zero-order valence-electron chi connectivity index (χ0n) is 9.75. The van der Waals surface area contributed by atoms with E-state index in [1.54, 1.807) is 0 Å². The molecule has 0 saturated carbocycles. The standard InChI is InChI=1S/C9H9ClN6O2S/c1-11-6(17)4-16-3-5(2-12-16)13-7(18)8-14-15-9(10)19-8/h2-3H,4H2,1H3,(H,11,17)(H,13,18). The van der Waals surface area contributed by atoms with E-state index in [4.69, 9.17) is 11.6 Å². The van der Waals surface area contributed by atoms with E-state index in [9.17, 15) is 9.59 Å². The summed E-state index contributed by atoms with van der Waals surface area (Å²) < 4.78 is 1.60. The highest BCUT2D eigenvalue weighted by Crippen LogP contribution is 2.16. The molecule has 2 aromatic rings. The van der Waals surface area contributed by atoms with Crippen molar-refractivity contribution in [1.29, 1.82) is 0 Å². The van der Waals surface area contributed by atoms with Crippen LogP contribution < -0.4 is 10.6 Å². The van der Waals surface area contributed by atoms with Crippen LogP contribution in [-0.2, 0) is 11.3 Å². The van der Waals surface area contributed by atoms with Crippen LogP contribution in [0, 0.1) is 0 Å². The van der Waals surface area contributed by atoms with Crippen molar-refractivity contribution in [3.63, 3.8) is 0 Å². The van der Waals surface area contributed by atoms with Crippen molar-refractivity contribution in [3.8, 4) is 0 Å². The molecule has 0 bridgehead atoms. The summed E-state index contributed by atoms with van der Waals surface area (Å²) in [4.78, 5) is 22.9. The summed E-state index contributed by atoms with van der Waals surface area (Å²) in [5.74, 6) is -0.610. The number of carbonyl (C=O) groups excluding carboxylic acids is 2. The van der Waals surface area contributed by atoms with Gasteiger partial charge in [0.15, 0.2) is 0 Å². The molecule has 2 heterocycles. The summed E-state index contributed by atoms with van der Waals surface area (Å²) >= 11 is 6.56. The molecule has 0 fully saturated rings. The van der Waals surface area contributed by atoms with Gasteiger partial charge in [0.2, 0.25) is 15.4 Å². The normalized spacial score (nSPS) is 10.2. The average molecular weight is 301 g/mol. The molecule has 0 spiro atoms. The molecule has 0 aliphatic rings. The lowest BCUT2D eigenvalue weighted by atomic mass is 10.5. The Kier molecular flexibility index (Phi) is 4.07. The van der Waals surface area contributed by atoms with Gasteiger partial charge in [-0.05, 0) is 11.6 Å². The van der Waals surface area contributed by atoms with Crippen LogP contribution in [0.2, 0.25) is 4.47 Å². The summed E-state index contributed by atoms with van der Waals surface area (Å²) in [6.45, 7) is 0.0804. The topological polar surface area (TPSA) is 102 Å². The third kappa shape index (κ3) is 3.48. The van der Waals surface area contributed by atoms with Crippen LogP contribution in [0.3, 0.4) is 0 Å². The van der Waals surface area contributed by atoms with Gasteiger partial charge in [-0.15, -0.1) is 10.2 Å². The van der Waals surface area contributed by atoms with Crippen LogP contribution in [0.5, 0.6) is 0 Å². The number of hydrogen-bond donors (Lipinski definition) is 2. The van der Waals surface area contributed by atoms with Gasteiger partial charge in [0.05, 0.1) is 11.9 Å². The highest BCUT2D eigenvalue weighted by Gasteiger charge is 2.13. The number of amides is 2. The molecule has 0 saturated heterocycles. The number of carbonyl (C=O) groups is 2. The van der Waals surface area contributed by atoms with E-state index in [1.165, 1.54) is 24.1 Å². The van der Waals surface area contributed by atoms with Crippen LogP contribution in [0.15, 0.2) is 12.4 Å². The Morgan fingerprint density at radius 1 is 1.47 bits per heavy atom. The maximum Gasteiger partial charge on any atom is 0.286 e. The molecule has 2 N–H and O–H groups in total. The van der Waals surface area contributed by atoms with Crippen LogP contribution in [-0.4, -0.2) is 38.8 Å². The number of anilines is 1. The highest BCUT2D eigenvalue weighted by atomic mass is 35.5. The number of nitrogens with zero attached hydrogens (tertiary/aromatic N) is 4. The first-order chi connectivity index (χ1) is 9.08. The van der Waals surface area contributed by atoms with Crippen molar-refractivity contribution in [2.45, 2.75) is 6.54 Å². The molecule has 0 aliphatic carbocycles. The fourth-order valence-corrected chi connectivity index (χ4v) is 1.95. The number of nitrogens with one attached hydrogen (secondary N) is 2. The summed E-state index contributed by atoms with van der Waals surface area (Å²) in [5, 5.41) is 16.3. The van der Waals surface area contributed by atoms with Gasteiger partial charge >= 0.3 is 0 Å². The van der Waals surface area contributed by atoms with Crippen molar-refractivity contribution >= 4 is 40.4 Å². The SMILES string of the molecule is CNC(=O)Cn1cc(NC(=O)c2nnc(Cl)s2)cn1. The third-order valence-corrected chi connectivity index (χ3v) is 3.09. The van der Waals surface area contributed by atoms with Gasteiger partial charge < -0.3 is 10.6 Å². The molecule has 2 amide bonds. The molecular weight excluding hydrogens is 292 g/mol. The van der Waals surface area contributed by atoms with Gasteiger partial charge in [0, 0.05) is 13.2 Å².